The summed E-state index contributed by atoms with van der Waals surface area (Å²) >= 11 is 0. The number of carbonyl (C=O) groups excluding carboxylic acids is 2. The number of anilines is 1. The fourth-order valence-corrected chi connectivity index (χ4v) is 3.65. The van der Waals surface area contributed by atoms with Gasteiger partial charge in [-0.25, -0.2) is 0 Å². The molecule has 3 rings (SSSR count). The molecular weight excluding hydrogens is 356 g/mol. The van der Waals surface area contributed by atoms with Crippen LogP contribution in [0.3, 0.4) is 0 Å². The minimum atomic E-state index is -0.192. The van der Waals surface area contributed by atoms with Gasteiger partial charge >= 0.3 is 0 Å². The number of rotatable bonds is 6. The summed E-state index contributed by atoms with van der Waals surface area (Å²) in [5.41, 5.74) is 2.09. The summed E-state index contributed by atoms with van der Waals surface area (Å²) in [6, 6.07) is 7.81. The molecule has 1 N–H and O–H groups in total. The Bertz CT molecular complexity index is 650. The number of hydrogen-bond acceptors (Lipinski definition) is 5. The lowest BCUT2D eigenvalue weighted by Crippen LogP contribution is -2.55. The molecule has 0 bridgehead atoms. The molecule has 0 aliphatic carbocycles. The zero-order valence-corrected chi connectivity index (χ0v) is 17.0. The quantitative estimate of drug-likeness (QED) is 0.789. The summed E-state index contributed by atoms with van der Waals surface area (Å²) < 4.78 is 5.30. The summed E-state index contributed by atoms with van der Waals surface area (Å²) in [7, 11) is 0. The Balaban J connectivity index is 1.42. The molecule has 0 unspecified atom stereocenters. The predicted molar refractivity (Wildman–Crippen MR) is 109 cm³/mol. The minimum Gasteiger partial charge on any atom is -0.378 e. The van der Waals surface area contributed by atoms with Crippen LogP contribution in [0.5, 0.6) is 0 Å². The van der Waals surface area contributed by atoms with Gasteiger partial charge in [0, 0.05) is 45.0 Å². The molecule has 1 atom stereocenters. The molecule has 0 saturated carbocycles. The number of benzene rings is 1. The SMILES string of the molecule is CCc1ccc(NC(=O)[C@@H](C)N2CCN(CC(=O)N3CCOCC3)CC2)cc1. The fourth-order valence-electron chi connectivity index (χ4n) is 3.65. The van der Waals surface area contributed by atoms with Gasteiger partial charge in [0.15, 0.2) is 0 Å². The highest BCUT2D eigenvalue weighted by molar-refractivity contribution is 5.94. The molecule has 2 aliphatic heterocycles. The van der Waals surface area contributed by atoms with Crippen molar-refractivity contribution < 1.29 is 14.3 Å². The lowest BCUT2D eigenvalue weighted by atomic mass is 10.1. The Morgan fingerprint density at radius 3 is 2.29 bits per heavy atom. The molecule has 1 aromatic carbocycles. The Hall–Kier alpha value is -1.96. The van der Waals surface area contributed by atoms with E-state index in [4.69, 9.17) is 4.74 Å². The minimum absolute atomic E-state index is 0.0158. The highest BCUT2D eigenvalue weighted by Gasteiger charge is 2.27. The van der Waals surface area contributed by atoms with Crippen LogP contribution in [-0.4, -0.2) is 91.6 Å². The number of amides is 2. The largest absolute Gasteiger partial charge is 0.378 e. The van der Waals surface area contributed by atoms with E-state index in [-0.39, 0.29) is 17.9 Å². The number of piperazine rings is 1. The van der Waals surface area contributed by atoms with Gasteiger partial charge in [-0.2, -0.15) is 0 Å². The average molecular weight is 389 g/mol. The maximum atomic E-state index is 12.6. The molecule has 28 heavy (non-hydrogen) atoms. The number of hydrogen-bond donors (Lipinski definition) is 1. The van der Waals surface area contributed by atoms with E-state index in [1.807, 2.05) is 36.1 Å². The Kier molecular flexibility index (Phi) is 7.42. The third kappa shape index (κ3) is 5.53. The van der Waals surface area contributed by atoms with Crippen molar-refractivity contribution in [3.8, 4) is 0 Å². The average Bonchev–Trinajstić information content (AvgIpc) is 2.75. The number of nitrogens with one attached hydrogen (secondary N) is 1. The highest BCUT2D eigenvalue weighted by atomic mass is 16.5. The zero-order valence-electron chi connectivity index (χ0n) is 17.0. The first kappa shape index (κ1) is 20.8. The van der Waals surface area contributed by atoms with E-state index in [9.17, 15) is 9.59 Å². The van der Waals surface area contributed by atoms with Crippen LogP contribution in [0.2, 0.25) is 0 Å². The van der Waals surface area contributed by atoms with Gasteiger partial charge < -0.3 is 15.0 Å². The van der Waals surface area contributed by atoms with Crippen LogP contribution in [0.25, 0.3) is 0 Å². The standard InChI is InChI=1S/C21H32N4O3/c1-3-18-4-6-19(7-5-18)22-21(27)17(2)24-10-8-23(9-11-24)16-20(26)25-12-14-28-15-13-25/h4-7,17H,3,8-16H2,1-2H3,(H,22,27)/t17-/m1/s1. The van der Waals surface area contributed by atoms with Crippen LogP contribution in [0.15, 0.2) is 24.3 Å². The first-order chi connectivity index (χ1) is 13.6. The van der Waals surface area contributed by atoms with E-state index in [0.717, 1.165) is 38.3 Å². The molecule has 0 aromatic heterocycles. The topological polar surface area (TPSA) is 65.1 Å². The maximum absolute atomic E-state index is 12.6. The van der Waals surface area contributed by atoms with Crippen LogP contribution in [0.1, 0.15) is 19.4 Å². The molecule has 154 valence electrons. The van der Waals surface area contributed by atoms with E-state index >= 15 is 0 Å². The molecule has 0 radical (unpaired) electrons. The second-order valence-corrected chi connectivity index (χ2v) is 7.52. The summed E-state index contributed by atoms with van der Waals surface area (Å²) in [5, 5.41) is 3.01. The van der Waals surface area contributed by atoms with Crippen LogP contribution in [0.4, 0.5) is 5.69 Å². The van der Waals surface area contributed by atoms with Crippen LogP contribution >= 0.6 is 0 Å². The summed E-state index contributed by atoms with van der Waals surface area (Å²) in [5.74, 6) is 0.195. The molecular formula is C21H32N4O3. The molecule has 7 nitrogen and oxygen atoms in total. The highest BCUT2D eigenvalue weighted by Crippen LogP contribution is 2.13. The smallest absolute Gasteiger partial charge is 0.241 e. The molecule has 2 heterocycles. The first-order valence-electron chi connectivity index (χ1n) is 10.3. The Morgan fingerprint density at radius 1 is 1.04 bits per heavy atom. The van der Waals surface area contributed by atoms with Gasteiger partial charge in [-0.15, -0.1) is 0 Å². The number of morpholine rings is 1. The molecule has 2 aliphatic rings. The van der Waals surface area contributed by atoms with Crippen molar-refractivity contribution in [3.05, 3.63) is 29.8 Å². The third-order valence-corrected chi connectivity index (χ3v) is 5.69. The van der Waals surface area contributed by atoms with E-state index in [1.54, 1.807) is 0 Å². The monoisotopic (exact) mass is 388 g/mol. The summed E-state index contributed by atoms with van der Waals surface area (Å²) in [4.78, 5) is 31.2. The summed E-state index contributed by atoms with van der Waals surface area (Å²) in [6.07, 6.45) is 0.989. The number of nitrogens with zero attached hydrogens (tertiary/aromatic N) is 3. The van der Waals surface area contributed by atoms with E-state index < -0.39 is 0 Å². The van der Waals surface area contributed by atoms with Crippen molar-refractivity contribution in [2.45, 2.75) is 26.3 Å². The number of carbonyl (C=O) groups is 2. The molecule has 0 spiro atoms. The van der Waals surface area contributed by atoms with Gasteiger partial charge in [0.25, 0.3) is 0 Å². The molecule has 1 aromatic rings. The predicted octanol–water partition coefficient (Wildman–Crippen LogP) is 1.05. The third-order valence-electron chi connectivity index (χ3n) is 5.69. The van der Waals surface area contributed by atoms with E-state index in [0.29, 0.717) is 32.8 Å². The molecule has 2 amide bonds. The number of aryl methyl sites for hydroxylation is 1. The van der Waals surface area contributed by atoms with Crippen molar-refractivity contribution in [1.29, 1.82) is 0 Å². The number of ether oxygens (including phenoxy) is 1. The lowest BCUT2D eigenvalue weighted by molar-refractivity contribution is -0.137. The van der Waals surface area contributed by atoms with Gasteiger partial charge in [-0.1, -0.05) is 19.1 Å². The lowest BCUT2D eigenvalue weighted by Gasteiger charge is -2.38. The van der Waals surface area contributed by atoms with Gasteiger partial charge in [0.05, 0.1) is 25.8 Å². The first-order valence-corrected chi connectivity index (χ1v) is 10.3. The molecule has 2 saturated heterocycles. The van der Waals surface area contributed by atoms with Gasteiger partial charge in [0.2, 0.25) is 11.8 Å². The van der Waals surface area contributed by atoms with Crippen molar-refractivity contribution in [3.63, 3.8) is 0 Å². The van der Waals surface area contributed by atoms with E-state index in [1.165, 1.54) is 5.56 Å². The van der Waals surface area contributed by atoms with Crippen molar-refractivity contribution >= 4 is 17.5 Å². The van der Waals surface area contributed by atoms with Crippen LogP contribution in [-0.2, 0) is 20.7 Å². The fraction of sp³-hybridized carbons (Fsp3) is 0.619. The Morgan fingerprint density at radius 2 is 1.68 bits per heavy atom. The molecule has 2 fully saturated rings. The zero-order chi connectivity index (χ0) is 19.9. The van der Waals surface area contributed by atoms with Crippen molar-refractivity contribution in [1.82, 2.24) is 14.7 Å². The van der Waals surface area contributed by atoms with Gasteiger partial charge in [-0.3, -0.25) is 19.4 Å². The van der Waals surface area contributed by atoms with Gasteiger partial charge in [0.1, 0.15) is 0 Å². The van der Waals surface area contributed by atoms with Crippen LogP contribution in [0, 0.1) is 0 Å². The van der Waals surface area contributed by atoms with Crippen LogP contribution < -0.4 is 5.32 Å². The van der Waals surface area contributed by atoms with E-state index in [2.05, 4.69) is 22.0 Å². The summed E-state index contributed by atoms with van der Waals surface area (Å²) in [6.45, 7) is 10.4. The normalized spacial score (nSPS) is 20.0. The second-order valence-electron chi connectivity index (χ2n) is 7.52. The van der Waals surface area contributed by atoms with Gasteiger partial charge in [-0.05, 0) is 31.0 Å². The van der Waals surface area contributed by atoms with Crippen molar-refractivity contribution in [2.75, 3.05) is 64.3 Å². The molecule has 7 heteroatoms. The van der Waals surface area contributed by atoms with Crippen molar-refractivity contribution in [2.24, 2.45) is 0 Å². The Labute approximate surface area is 167 Å². The maximum Gasteiger partial charge on any atom is 0.241 e. The second kappa shape index (κ2) is 10.0.